The molecule has 0 aromatic rings. The zero-order valence-electron chi connectivity index (χ0n) is 10.2. The van der Waals surface area contributed by atoms with Crippen LogP contribution in [-0.2, 0) is 14.3 Å². The molecule has 0 heterocycles. The van der Waals surface area contributed by atoms with Crippen LogP contribution in [0, 0.1) is 5.92 Å². The van der Waals surface area contributed by atoms with Crippen molar-refractivity contribution in [2.24, 2.45) is 5.92 Å². The third-order valence-electron chi connectivity index (χ3n) is 2.48. The van der Waals surface area contributed by atoms with E-state index in [1.165, 1.54) is 7.11 Å². The van der Waals surface area contributed by atoms with Crippen molar-refractivity contribution in [2.75, 3.05) is 7.11 Å². The van der Waals surface area contributed by atoms with Crippen LogP contribution in [0.15, 0.2) is 0 Å². The van der Waals surface area contributed by atoms with Crippen LogP contribution in [0.4, 0.5) is 4.79 Å². The molecule has 0 spiro atoms. The smallest absolute Gasteiger partial charge is 0.407 e. The van der Waals surface area contributed by atoms with Crippen molar-refractivity contribution in [3.63, 3.8) is 0 Å². The lowest BCUT2D eigenvalue weighted by molar-refractivity contribution is -0.149. The molecule has 1 N–H and O–H groups in total. The number of methoxy groups -OCH3 is 1. The van der Waals surface area contributed by atoms with Gasteiger partial charge >= 0.3 is 12.1 Å². The standard InChI is InChI=1S/C11H19NO4/c1-11(2,3)16-10(14)12-8-6-5-7(8)9(13)15-4/h7-8H,5-6H2,1-4H3,(H,12,14)/t7-,8-/m1/s1. The molecular formula is C11H19NO4. The van der Waals surface area contributed by atoms with Crippen molar-refractivity contribution in [3.05, 3.63) is 0 Å². The summed E-state index contributed by atoms with van der Waals surface area (Å²) in [5.41, 5.74) is -0.519. The third-order valence-corrected chi connectivity index (χ3v) is 2.48. The molecule has 0 aromatic carbocycles. The van der Waals surface area contributed by atoms with Gasteiger partial charge in [0.2, 0.25) is 0 Å². The molecule has 0 saturated heterocycles. The molecule has 1 aliphatic carbocycles. The maximum Gasteiger partial charge on any atom is 0.407 e. The van der Waals surface area contributed by atoms with Gasteiger partial charge in [0.05, 0.1) is 13.0 Å². The Bertz CT molecular complexity index is 282. The molecule has 2 atom stereocenters. The van der Waals surface area contributed by atoms with Gasteiger partial charge in [-0.3, -0.25) is 4.79 Å². The Morgan fingerprint density at radius 1 is 1.25 bits per heavy atom. The number of alkyl carbamates (subject to hydrolysis) is 1. The molecule has 0 aromatic heterocycles. The number of ether oxygens (including phenoxy) is 2. The number of hydrogen-bond donors (Lipinski definition) is 1. The van der Waals surface area contributed by atoms with Gasteiger partial charge in [-0.2, -0.15) is 0 Å². The first-order chi connectivity index (χ1) is 7.33. The first-order valence-corrected chi connectivity index (χ1v) is 5.41. The second-order valence-corrected chi connectivity index (χ2v) is 4.96. The summed E-state index contributed by atoms with van der Waals surface area (Å²) < 4.78 is 9.74. The predicted octanol–water partition coefficient (Wildman–Crippen LogP) is 1.46. The Balaban J connectivity index is 2.38. The molecule has 0 bridgehead atoms. The highest BCUT2D eigenvalue weighted by Gasteiger charge is 2.39. The summed E-state index contributed by atoms with van der Waals surface area (Å²) in [5.74, 6) is -0.496. The van der Waals surface area contributed by atoms with Gasteiger partial charge in [-0.25, -0.2) is 4.79 Å². The molecule has 1 saturated carbocycles. The van der Waals surface area contributed by atoms with E-state index in [2.05, 4.69) is 10.1 Å². The van der Waals surface area contributed by atoms with E-state index in [0.29, 0.717) is 0 Å². The highest BCUT2D eigenvalue weighted by atomic mass is 16.6. The van der Waals surface area contributed by atoms with E-state index in [-0.39, 0.29) is 17.9 Å². The maximum atomic E-state index is 11.4. The topological polar surface area (TPSA) is 64.6 Å². The second-order valence-electron chi connectivity index (χ2n) is 4.96. The van der Waals surface area contributed by atoms with Crippen molar-refractivity contribution < 1.29 is 19.1 Å². The molecule has 1 rings (SSSR count). The summed E-state index contributed by atoms with van der Waals surface area (Å²) >= 11 is 0. The van der Waals surface area contributed by atoms with Gasteiger partial charge in [0, 0.05) is 6.04 Å². The Labute approximate surface area is 95.5 Å². The number of carbonyl (C=O) groups excluding carboxylic acids is 2. The zero-order chi connectivity index (χ0) is 12.3. The number of rotatable bonds is 2. The lowest BCUT2D eigenvalue weighted by Gasteiger charge is -2.35. The Kier molecular flexibility index (Phi) is 3.78. The van der Waals surface area contributed by atoms with E-state index in [1.54, 1.807) is 20.8 Å². The minimum atomic E-state index is -0.519. The summed E-state index contributed by atoms with van der Waals surface area (Å²) in [6, 6.07) is -0.151. The predicted molar refractivity (Wildman–Crippen MR) is 57.9 cm³/mol. The van der Waals surface area contributed by atoms with Crippen LogP contribution in [0.25, 0.3) is 0 Å². The number of esters is 1. The summed E-state index contributed by atoms with van der Waals surface area (Å²) in [5, 5.41) is 2.68. The minimum Gasteiger partial charge on any atom is -0.469 e. The highest BCUT2D eigenvalue weighted by Crippen LogP contribution is 2.28. The summed E-state index contributed by atoms with van der Waals surface area (Å²) in [7, 11) is 1.35. The minimum absolute atomic E-state index is 0.151. The Morgan fingerprint density at radius 2 is 1.88 bits per heavy atom. The van der Waals surface area contributed by atoms with Crippen LogP contribution in [0.2, 0.25) is 0 Å². The molecule has 92 valence electrons. The lowest BCUT2D eigenvalue weighted by atomic mass is 9.80. The molecule has 1 amide bonds. The molecule has 5 nitrogen and oxygen atoms in total. The molecular weight excluding hydrogens is 210 g/mol. The van der Waals surface area contributed by atoms with Gasteiger partial charge in [0.25, 0.3) is 0 Å². The van der Waals surface area contributed by atoms with Gasteiger partial charge in [-0.15, -0.1) is 0 Å². The summed E-state index contributed by atoms with van der Waals surface area (Å²) in [6.07, 6.45) is 1.07. The zero-order valence-corrected chi connectivity index (χ0v) is 10.2. The number of amides is 1. The number of hydrogen-bond acceptors (Lipinski definition) is 4. The quantitative estimate of drug-likeness (QED) is 0.728. The molecule has 5 heteroatoms. The average molecular weight is 229 g/mol. The normalized spacial score (nSPS) is 24.2. The average Bonchev–Trinajstić information content (AvgIpc) is 2.09. The molecule has 1 fully saturated rings. The van der Waals surface area contributed by atoms with Crippen LogP contribution >= 0.6 is 0 Å². The van der Waals surface area contributed by atoms with Crippen molar-refractivity contribution in [1.82, 2.24) is 5.32 Å². The molecule has 16 heavy (non-hydrogen) atoms. The lowest BCUT2D eigenvalue weighted by Crippen LogP contribution is -2.51. The molecule has 0 aliphatic heterocycles. The fourth-order valence-corrected chi connectivity index (χ4v) is 1.57. The first kappa shape index (κ1) is 12.8. The van der Waals surface area contributed by atoms with Crippen molar-refractivity contribution in [2.45, 2.75) is 45.3 Å². The summed E-state index contributed by atoms with van der Waals surface area (Å²) in [6.45, 7) is 5.39. The van der Waals surface area contributed by atoms with Crippen LogP contribution in [-0.4, -0.2) is 30.8 Å². The van der Waals surface area contributed by atoms with Gasteiger partial charge < -0.3 is 14.8 Å². The van der Waals surface area contributed by atoms with E-state index in [9.17, 15) is 9.59 Å². The van der Waals surface area contributed by atoms with Crippen molar-refractivity contribution >= 4 is 12.1 Å². The van der Waals surface area contributed by atoms with Gasteiger partial charge in [-0.1, -0.05) is 0 Å². The number of nitrogens with one attached hydrogen (secondary N) is 1. The van der Waals surface area contributed by atoms with E-state index in [0.717, 1.165) is 12.8 Å². The van der Waals surface area contributed by atoms with Crippen molar-refractivity contribution in [3.8, 4) is 0 Å². The van der Waals surface area contributed by atoms with E-state index >= 15 is 0 Å². The van der Waals surface area contributed by atoms with Gasteiger partial charge in [0.1, 0.15) is 5.60 Å². The third kappa shape index (κ3) is 3.40. The Morgan fingerprint density at radius 3 is 2.25 bits per heavy atom. The number of carbonyl (C=O) groups is 2. The van der Waals surface area contributed by atoms with E-state index < -0.39 is 11.7 Å². The fraction of sp³-hybridized carbons (Fsp3) is 0.818. The molecule has 0 radical (unpaired) electrons. The SMILES string of the molecule is COC(=O)[C@@H]1CC[C@H]1NC(=O)OC(C)(C)C. The first-order valence-electron chi connectivity index (χ1n) is 5.41. The maximum absolute atomic E-state index is 11.4. The van der Waals surface area contributed by atoms with Crippen LogP contribution < -0.4 is 5.32 Å². The fourth-order valence-electron chi connectivity index (χ4n) is 1.57. The second kappa shape index (κ2) is 4.72. The van der Waals surface area contributed by atoms with Crippen LogP contribution in [0.3, 0.4) is 0 Å². The van der Waals surface area contributed by atoms with E-state index in [1.807, 2.05) is 0 Å². The Hall–Kier alpha value is -1.26. The molecule has 0 unspecified atom stereocenters. The molecule has 1 aliphatic rings. The van der Waals surface area contributed by atoms with Crippen LogP contribution in [0.1, 0.15) is 33.6 Å². The van der Waals surface area contributed by atoms with Crippen molar-refractivity contribution in [1.29, 1.82) is 0 Å². The van der Waals surface area contributed by atoms with Gasteiger partial charge in [-0.05, 0) is 33.6 Å². The summed E-state index contributed by atoms with van der Waals surface area (Å²) in [4.78, 5) is 22.7. The highest BCUT2D eigenvalue weighted by molar-refractivity contribution is 5.76. The van der Waals surface area contributed by atoms with E-state index in [4.69, 9.17) is 4.74 Å². The van der Waals surface area contributed by atoms with Crippen LogP contribution in [0.5, 0.6) is 0 Å². The largest absolute Gasteiger partial charge is 0.469 e. The monoisotopic (exact) mass is 229 g/mol. The van der Waals surface area contributed by atoms with Gasteiger partial charge in [0.15, 0.2) is 0 Å².